The Morgan fingerprint density at radius 2 is 1.42 bits per heavy atom. The zero-order valence-electron chi connectivity index (χ0n) is 11.7. The monoisotopic (exact) mass is 256 g/mol. The molecule has 2 aromatic rings. The second-order valence-corrected chi connectivity index (χ2v) is 4.86. The topological polar surface area (TPSA) is 18.5 Å². The Morgan fingerprint density at radius 3 is 1.95 bits per heavy atom. The molecule has 0 saturated carbocycles. The molecule has 0 atom stereocenters. The van der Waals surface area contributed by atoms with Crippen LogP contribution in [-0.4, -0.2) is 7.11 Å². The van der Waals surface area contributed by atoms with Crippen molar-refractivity contribution in [3.8, 4) is 11.5 Å². The van der Waals surface area contributed by atoms with Gasteiger partial charge < -0.3 is 9.47 Å². The maximum absolute atomic E-state index is 5.74. The molecule has 0 N–H and O–H groups in total. The number of hydrogen-bond acceptors (Lipinski definition) is 2. The summed E-state index contributed by atoms with van der Waals surface area (Å²) in [5.41, 5.74) is 2.54. The summed E-state index contributed by atoms with van der Waals surface area (Å²) in [5, 5.41) is 0. The SMILES string of the molecule is COc1ccc(OCc2ccc(C(C)C)cc2)cc1. The third kappa shape index (κ3) is 3.75. The number of ether oxygens (including phenoxy) is 2. The summed E-state index contributed by atoms with van der Waals surface area (Å²) in [4.78, 5) is 0. The first-order valence-electron chi connectivity index (χ1n) is 6.54. The smallest absolute Gasteiger partial charge is 0.120 e. The molecular formula is C17H20O2. The van der Waals surface area contributed by atoms with Crippen LogP contribution in [0, 0.1) is 0 Å². The van der Waals surface area contributed by atoms with Crippen LogP contribution in [0.5, 0.6) is 11.5 Å². The fraction of sp³-hybridized carbons (Fsp3) is 0.294. The summed E-state index contributed by atoms with van der Waals surface area (Å²) in [5.74, 6) is 2.26. The molecule has 0 aliphatic rings. The van der Waals surface area contributed by atoms with Gasteiger partial charge in [0.05, 0.1) is 7.11 Å². The van der Waals surface area contributed by atoms with Crippen molar-refractivity contribution in [2.45, 2.75) is 26.4 Å². The number of rotatable bonds is 5. The van der Waals surface area contributed by atoms with Gasteiger partial charge in [0, 0.05) is 0 Å². The van der Waals surface area contributed by atoms with E-state index in [-0.39, 0.29) is 0 Å². The zero-order valence-corrected chi connectivity index (χ0v) is 11.7. The molecule has 0 bridgehead atoms. The van der Waals surface area contributed by atoms with Gasteiger partial charge in [0.1, 0.15) is 18.1 Å². The minimum Gasteiger partial charge on any atom is -0.497 e. The van der Waals surface area contributed by atoms with E-state index in [2.05, 4.69) is 38.1 Å². The lowest BCUT2D eigenvalue weighted by molar-refractivity contribution is 0.305. The Morgan fingerprint density at radius 1 is 0.842 bits per heavy atom. The average molecular weight is 256 g/mol. The van der Waals surface area contributed by atoms with Crippen molar-refractivity contribution in [2.75, 3.05) is 7.11 Å². The Kier molecular flexibility index (Phi) is 4.45. The molecular weight excluding hydrogens is 236 g/mol. The third-order valence-corrected chi connectivity index (χ3v) is 3.11. The Hall–Kier alpha value is -1.96. The number of methoxy groups -OCH3 is 1. The predicted octanol–water partition coefficient (Wildman–Crippen LogP) is 4.40. The molecule has 2 aromatic carbocycles. The van der Waals surface area contributed by atoms with Crippen molar-refractivity contribution in [2.24, 2.45) is 0 Å². The van der Waals surface area contributed by atoms with Gasteiger partial charge in [0.2, 0.25) is 0 Å². The van der Waals surface area contributed by atoms with E-state index in [1.54, 1.807) is 7.11 Å². The van der Waals surface area contributed by atoms with Gasteiger partial charge in [-0.3, -0.25) is 0 Å². The first kappa shape index (κ1) is 13.5. The Balaban J connectivity index is 1.94. The summed E-state index contributed by atoms with van der Waals surface area (Å²) < 4.78 is 10.8. The van der Waals surface area contributed by atoms with E-state index < -0.39 is 0 Å². The molecule has 0 spiro atoms. The summed E-state index contributed by atoms with van der Waals surface area (Å²) in [7, 11) is 1.66. The predicted molar refractivity (Wildman–Crippen MR) is 77.9 cm³/mol. The molecule has 0 amide bonds. The summed E-state index contributed by atoms with van der Waals surface area (Å²) >= 11 is 0. The molecule has 0 fully saturated rings. The van der Waals surface area contributed by atoms with E-state index in [0.717, 1.165) is 11.5 Å². The molecule has 0 aliphatic heterocycles. The maximum atomic E-state index is 5.74. The van der Waals surface area contributed by atoms with E-state index >= 15 is 0 Å². The van der Waals surface area contributed by atoms with Crippen molar-refractivity contribution in [1.82, 2.24) is 0 Å². The van der Waals surface area contributed by atoms with Crippen molar-refractivity contribution in [3.63, 3.8) is 0 Å². The average Bonchev–Trinajstić information content (AvgIpc) is 2.46. The molecule has 2 nitrogen and oxygen atoms in total. The lowest BCUT2D eigenvalue weighted by atomic mass is 10.0. The van der Waals surface area contributed by atoms with E-state index in [9.17, 15) is 0 Å². The summed E-state index contributed by atoms with van der Waals surface area (Å²) in [6.07, 6.45) is 0. The quantitative estimate of drug-likeness (QED) is 0.789. The fourth-order valence-corrected chi connectivity index (χ4v) is 1.84. The van der Waals surface area contributed by atoms with Crippen LogP contribution in [0.1, 0.15) is 30.9 Å². The lowest BCUT2D eigenvalue weighted by Gasteiger charge is -2.09. The van der Waals surface area contributed by atoms with Crippen LogP contribution in [0.25, 0.3) is 0 Å². The minimum absolute atomic E-state index is 0.566. The molecule has 0 heterocycles. The highest BCUT2D eigenvalue weighted by Gasteiger charge is 2.00. The normalized spacial score (nSPS) is 10.5. The molecule has 2 heteroatoms. The molecule has 19 heavy (non-hydrogen) atoms. The van der Waals surface area contributed by atoms with Gasteiger partial charge in [0.25, 0.3) is 0 Å². The van der Waals surface area contributed by atoms with Crippen LogP contribution >= 0.6 is 0 Å². The number of benzene rings is 2. The van der Waals surface area contributed by atoms with Gasteiger partial charge in [0.15, 0.2) is 0 Å². The fourth-order valence-electron chi connectivity index (χ4n) is 1.84. The first-order valence-corrected chi connectivity index (χ1v) is 6.54. The highest BCUT2D eigenvalue weighted by atomic mass is 16.5. The highest BCUT2D eigenvalue weighted by molar-refractivity contribution is 5.31. The minimum atomic E-state index is 0.566. The van der Waals surface area contributed by atoms with Crippen LogP contribution in [0.3, 0.4) is 0 Å². The van der Waals surface area contributed by atoms with Crippen LogP contribution < -0.4 is 9.47 Å². The second-order valence-electron chi connectivity index (χ2n) is 4.86. The van der Waals surface area contributed by atoms with Crippen molar-refractivity contribution >= 4 is 0 Å². The highest BCUT2D eigenvalue weighted by Crippen LogP contribution is 2.19. The molecule has 0 aliphatic carbocycles. The second kappa shape index (κ2) is 6.28. The van der Waals surface area contributed by atoms with Crippen molar-refractivity contribution in [1.29, 1.82) is 0 Å². The molecule has 0 aromatic heterocycles. The Labute approximate surface area is 115 Å². The maximum Gasteiger partial charge on any atom is 0.120 e. The van der Waals surface area contributed by atoms with Gasteiger partial charge in [-0.2, -0.15) is 0 Å². The molecule has 0 saturated heterocycles. The van der Waals surface area contributed by atoms with Gasteiger partial charge in [-0.15, -0.1) is 0 Å². The van der Waals surface area contributed by atoms with Crippen LogP contribution in [0.2, 0.25) is 0 Å². The van der Waals surface area contributed by atoms with Crippen molar-refractivity contribution in [3.05, 3.63) is 59.7 Å². The van der Waals surface area contributed by atoms with E-state index in [1.807, 2.05) is 24.3 Å². The lowest BCUT2D eigenvalue weighted by Crippen LogP contribution is -1.96. The summed E-state index contributed by atoms with van der Waals surface area (Å²) in [6.45, 7) is 4.98. The van der Waals surface area contributed by atoms with Gasteiger partial charge in [-0.1, -0.05) is 38.1 Å². The molecule has 0 unspecified atom stereocenters. The largest absolute Gasteiger partial charge is 0.497 e. The molecule has 0 radical (unpaired) electrons. The van der Waals surface area contributed by atoms with Gasteiger partial charge >= 0.3 is 0 Å². The molecule has 100 valence electrons. The summed E-state index contributed by atoms with van der Waals surface area (Å²) in [6, 6.07) is 16.2. The first-order chi connectivity index (χ1) is 9.19. The van der Waals surface area contributed by atoms with E-state index in [0.29, 0.717) is 12.5 Å². The van der Waals surface area contributed by atoms with Gasteiger partial charge in [-0.05, 0) is 41.3 Å². The van der Waals surface area contributed by atoms with E-state index in [4.69, 9.17) is 9.47 Å². The van der Waals surface area contributed by atoms with Crippen LogP contribution in [0.15, 0.2) is 48.5 Å². The zero-order chi connectivity index (χ0) is 13.7. The standard InChI is InChI=1S/C17H20O2/c1-13(2)15-6-4-14(5-7-15)12-19-17-10-8-16(18-3)9-11-17/h4-11,13H,12H2,1-3H3. The van der Waals surface area contributed by atoms with Gasteiger partial charge in [-0.25, -0.2) is 0 Å². The van der Waals surface area contributed by atoms with Crippen molar-refractivity contribution < 1.29 is 9.47 Å². The van der Waals surface area contributed by atoms with Crippen LogP contribution in [-0.2, 0) is 6.61 Å². The van der Waals surface area contributed by atoms with Crippen LogP contribution in [0.4, 0.5) is 0 Å². The van der Waals surface area contributed by atoms with E-state index in [1.165, 1.54) is 11.1 Å². The molecule has 2 rings (SSSR count). The number of hydrogen-bond donors (Lipinski definition) is 0. The third-order valence-electron chi connectivity index (χ3n) is 3.11. The Bertz CT molecular complexity index is 498.